The molecule has 0 N–H and O–H groups in total. The Bertz CT molecular complexity index is 194. The highest BCUT2D eigenvalue weighted by Crippen LogP contribution is 2.39. The average molecular weight is 181 g/mol. The highest BCUT2D eigenvalue weighted by atomic mass is 16.2. The lowest BCUT2D eigenvalue weighted by Gasteiger charge is -2.20. The maximum atomic E-state index is 11.8. The second kappa shape index (κ2) is 3.69. The van der Waals surface area contributed by atoms with E-state index in [-0.39, 0.29) is 0 Å². The lowest BCUT2D eigenvalue weighted by atomic mass is 10.2. The molecule has 2 atom stereocenters. The predicted octanol–water partition coefficient (Wildman–Crippen LogP) is 2.04. The first-order valence-electron chi connectivity index (χ1n) is 5.58. The minimum Gasteiger partial charge on any atom is -0.342 e. The summed E-state index contributed by atoms with van der Waals surface area (Å²) in [5.74, 6) is 1.49. The Morgan fingerprint density at radius 3 is 2.15 bits per heavy atom. The van der Waals surface area contributed by atoms with Crippen molar-refractivity contribution >= 4 is 5.91 Å². The van der Waals surface area contributed by atoms with Crippen LogP contribution in [0.5, 0.6) is 0 Å². The van der Waals surface area contributed by atoms with Crippen molar-refractivity contribution in [3.05, 3.63) is 0 Å². The van der Waals surface area contributed by atoms with Crippen molar-refractivity contribution in [2.45, 2.75) is 39.0 Å². The summed E-state index contributed by atoms with van der Waals surface area (Å²) in [6.45, 7) is 4.21. The molecule has 2 aliphatic rings. The molecule has 0 radical (unpaired) electrons. The molecule has 1 amide bonds. The Hall–Kier alpha value is -0.530. The Morgan fingerprint density at radius 2 is 1.69 bits per heavy atom. The standard InChI is InChI=1S/C11H19NO/c1-9-8-10(9)11(13)12-6-4-2-3-5-7-12/h9-10H,2-8H2,1H3/t9-,10-/m0/s1. The van der Waals surface area contributed by atoms with Crippen LogP contribution < -0.4 is 0 Å². The van der Waals surface area contributed by atoms with Crippen molar-refractivity contribution in [3.63, 3.8) is 0 Å². The van der Waals surface area contributed by atoms with Gasteiger partial charge < -0.3 is 4.90 Å². The van der Waals surface area contributed by atoms with E-state index in [2.05, 4.69) is 11.8 Å². The molecule has 1 saturated heterocycles. The summed E-state index contributed by atoms with van der Waals surface area (Å²) in [6.07, 6.45) is 6.18. The fourth-order valence-corrected chi connectivity index (χ4v) is 2.19. The molecule has 0 aromatic rings. The summed E-state index contributed by atoms with van der Waals surface area (Å²) in [5, 5.41) is 0. The minimum atomic E-state index is 0.387. The van der Waals surface area contributed by atoms with Gasteiger partial charge in [-0.1, -0.05) is 19.8 Å². The summed E-state index contributed by atoms with van der Waals surface area (Å²) in [7, 11) is 0. The quantitative estimate of drug-likeness (QED) is 0.606. The Balaban J connectivity index is 1.87. The molecule has 13 heavy (non-hydrogen) atoms. The second-order valence-electron chi connectivity index (χ2n) is 4.56. The highest BCUT2D eigenvalue weighted by Gasteiger charge is 2.41. The van der Waals surface area contributed by atoms with Crippen LogP contribution in [0.4, 0.5) is 0 Å². The number of likely N-dealkylation sites (tertiary alicyclic amines) is 1. The fraction of sp³-hybridized carbons (Fsp3) is 0.909. The van der Waals surface area contributed by atoms with Gasteiger partial charge in [-0.2, -0.15) is 0 Å². The normalized spacial score (nSPS) is 34.1. The molecule has 2 fully saturated rings. The summed E-state index contributed by atoms with van der Waals surface area (Å²) < 4.78 is 0. The van der Waals surface area contributed by atoms with Gasteiger partial charge in [0.2, 0.25) is 5.91 Å². The fourth-order valence-electron chi connectivity index (χ4n) is 2.19. The van der Waals surface area contributed by atoms with E-state index < -0.39 is 0 Å². The lowest BCUT2D eigenvalue weighted by Crippen LogP contribution is -2.33. The molecule has 0 unspecified atom stereocenters. The molecule has 1 aliphatic heterocycles. The van der Waals surface area contributed by atoms with E-state index in [1.54, 1.807) is 0 Å². The molecule has 74 valence electrons. The van der Waals surface area contributed by atoms with Crippen LogP contribution in [-0.4, -0.2) is 23.9 Å². The topological polar surface area (TPSA) is 20.3 Å². The zero-order valence-corrected chi connectivity index (χ0v) is 8.46. The van der Waals surface area contributed by atoms with Gasteiger partial charge in [-0.25, -0.2) is 0 Å². The van der Waals surface area contributed by atoms with Crippen molar-refractivity contribution < 1.29 is 4.79 Å². The molecule has 2 nitrogen and oxygen atoms in total. The first-order chi connectivity index (χ1) is 6.29. The maximum Gasteiger partial charge on any atom is 0.225 e. The molecule has 0 bridgehead atoms. The number of amides is 1. The van der Waals surface area contributed by atoms with Crippen molar-refractivity contribution in [1.29, 1.82) is 0 Å². The summed E-state index contributed by atoms with van der Waals surface area (Å²) >= 11 is 0. The average Bonchev–Trinajstić information content (AvgIpc) is 2.86. The predicted molar refractivity (Wildman–Crippen MR) is 52.3 cm³/mol. The Labute approximate surface area is 80.3 Å². The van der Waals surface area contributed by atoms with Gasteiger partial charge in [0.25, 0.3) is 0 Å². The van der Waals surface area contributed by atoms with Gasteiger partial charge in [-0.05, 0) is 25.2 Å². The number of nitrogens with zero attached hydrogens (tertiary/aromatic N) is 1. The molecule has 1 heterocycles. The number of rotatable bonds is 1. The van der Waals surface area contributed by atoms with Gasteiger partial charge in [-0.3, -0.25) is 4.79 Å². The lowest BCUT2D eigenvalue weighted by molar-refractivity contribution is -0.132. The molecule has 0 aromatic carbocycles. The summed E-state index contributed by atoms with van der Waals surface area (Å²) in [6, 6.07) is 0. The third kappa shape index (κ3) is 2.04. The van der Waals surface area contributed by atoms with Crippen LogP contribution in [0.25, 0.3) is 0 Å². The van der Waals surface area contributed by atoms with Gasteiger partial charge in [0.05, 0.1) is 0 Å². The van der Waals surface area contributed by atoms with Gasteiger partial charge >= 0.3 is 0 Å². The molecule has 2 rings (SSSR count). The SMILES string of the molecule is C[C@H]1C[C@@H]1C(=O)N1CCCCCC1. The van der Waals surface area contributed by atoms with Crippen molar-refractivity contribution in [2.75, 3.05) is 13.1 Å². The van der Waals surface area contributed by atoms with Gasteiger partial charge in [0, 0.05) is 19.0 Å². The molecular formula is C11H19NO. The van der Waals surface area contributed by atoms with E-state index >= 15 is 0 Å². The van der Waals surface area contributed by atoms with E-state index in [0.29, 0.717) is 17.7 Å². The van der Waals surface area contributed by atoms with Crippen molar-refractivity contribution in [1.82, 2.24) is 4.90 Å². The molecule has 1 aliphatic carbocycles. The number of hydrogen-bond donors (Lipinski definition) is 0. The minimum absolute atomic E-state index is 0.387. The van der Waals surface area contributed by atoms with E-state index in [9.17, 15) is 4.79 Å². The van der Waals surface area contributed by atoms with Crippen molar-refractivity contribution in [3.8, 4) is 0 Å². The largest absolute Gasteiger partial charge is 0.342 e. The van der Waals surface area contributed by atoms with Crippen LogP contribution in [0.2, 0.25) is 0 Å². The van der Waals surface area contributed by atoms with Crippen LogP contribution in [-0.2, 0) is 4.79 Å². The summed E-state index contributed by atoms with van der Waals surface area (Å²) in [5.41, 5.74) is 0. The molecule has 0 aromatic heterocycles. The zero-order valence-electron chi connectivity index (χ0n) is 8.46. The second-order valence-corrected chi connectivity index (χ2v) is 4.56. The zero-order chi connectivity index (χ0) is 9.26. The van der Waals surface area contributed by atoms with Crippen LogP contribution in [0.15, 0.2) is 0 Å². The molecule has 2 heteroatoms. The molecule has 1 saturated carbocycles. The van der Waals surface area contributed by atoms with Crippen LogP contribution in [0.3, 0.4) is 0 Å². The highest BCUT2D eigenvalue weighted by molar-refractivity contribution is 5.81. The Morgan fingerprint density at radius 1 is 1.15 bits per heavy atom. The Kier molecular flexibility index (Phi) is 2.56. The van der Waals surface area contributed by atoms with Crippen LogP contribution in [0.1, 0.15) is 39.0 Å². The first-order valence-corrected chi connectivity index (χ1v) is 5.58. The number of carbonyl (C=O) groups is 1. The molecular weight excluding hydrogens is 162 g/mol. The monoisotopic (exact) mass is 181 g/mol. The van der Waals surface area contributed by atoms with Crippen LogP contribution >= 0.6 is 0 Å². The maximum absolute atomic E-state index is 11.8. The molecule has 0 spiro atoms. The van der Waals surface area contributed by atoms with Crippen LogP contribution in [0, 0.1) is 11.8 Å². The van der Waals surface area contributed by atoms with Gasteiger partial charge in [-0.15, -0.1) is 0 Å². The number of carbonyl (C=O) groups excluding carboxylic acids is 1. The number of hydrogen-bond acceptors (Lipinski definition) is 1. The van der Waals surface area contributed by atoms with Crippen molar-refractivity contribution in [2.24, 2.45) is 11.8 Å². The smallest absolute Gasteiger partial charge is 0.225 e. The summed E-state index contributed by atoms with van der Waals surface area (Å²) in [4.78, 5) is 13.9. The van der Waals surface area contributed by atoms with Gasteiger partial charge in [0.15, 0.2) is 0 Å². The van der Waals surface area contributed by atoms with E-state index in [1.807, 2.05) is 0 Å². The third-order valence-electron chi connectivity index (χ3n) is 3.34. The van der Waals surface area contributed by atoms with E-state index in [4.69, 9.17) is 0 Å². The van der Waals surface area contributed by atoms with Gasteiger partial charge in [0.1, 0.15) is 0 Å². The van der Waals surface area contributed by atoms with E-state index in [0.717, 1.165) is 19.5 Å². The first kappa shape index (κ1) is 9.04. The third-order valence-corrected chi connectivity index (χ3v) is 3.34. The van der Waals surface area contributed by atoms with E-state index in [1.165, 1.54) is 25.7 Å².